The van der Waals surface area contributed by atoms with E-state index in [2.05, 4.69) is 24.1 Å². The molecule has 0 aromatic heterocycles. The largest absolute Gasteiger partial charge is 0.368 e. The number of aliphatic hydroxyl groups is 2. The van der Waals surface area contributed by atoms with Gasteiger partial charge in [0.15, 0.2) is 6.29 Å². The second-order valence-corrected chi connectivity index (χ2v) is 2.73. The molecule has 74 valence electrons. The molecule has 0 aromatic rings. The van der Waals surface area contributed by atoms with Crippen molar-refractivity contribution in [3.05, 3.63) is 0 Å². The monoisotopic (exact) mass is 176 g/mol. The van der Waals surface area contributed by atoms with Crippen molar-refractivity contribution in [3.8, 4) is 0 Å². The van der Waals surface area contributed by atoms with Crippen LogP contribution in [0.5, 0.6) is 0 Å². The van der Waals surface area contributed by atoms with Crippen LogP contribution < -0.4 is 5.32 Å². The Balaban J connectivity index is 3.17. The summed E-state index contributed by atoms with van der Waals surface area (Å²) in [6, 6.07) is 0. The highest BCUT2D eigenvalue weighted by Crippen LogP contribution is 1.85. The molecule has 0 aliphatic rings. The third kappa shape index (κ3) is 6.54. The smallest absolute Gasteiger partial charge is 0.152 e. The van der Waals surface area contributed by atoms with E-state index in [0.717, 1.165) is 19.8 Å². The van der Waals surface area contributed by atoms with Crippen molar-refractivity contribution in [3.63, 3.8) is 0 Å². The van der Waals surface area contributed by atoms with Crippen LogP contribution in [0.2, 0.25) is 0 Å². The summed E-state index contributed by atoms with van der Waals surface area (Å²) >= 11 is 0. The molecule has 0 atom stereocenters. The molecule has 4 nitrogen and oxygen atoms in total. The molecule has 0 amide bonds. The van der Waals surface area contributed by atoms with E-state index in [9.17, 15) is 0 Å². The van der Waals surface area contributed by atoms with Crippen molar-refractivity contribution in [2.75, 3.05) is 26.3 Å². The van der Waals surface area contributed by atoms with Crippen LogP contribution in [0.1, 0.15) is 20.3 Å². The number of hydrogen-bond acceptors (Lipinski definition) is 4. The van der Waals surface area contributed by atoms with Gasteiger partial charge in [0, 0.05) is 19.6 Å². The Morgan fingerprint density at radius 3 is 2.25 bits per heavy atom. The molecule has 0 aromatic carbocycles. The maximum atomic E-state index is 8.53. The molecule has 0 aliphatic carbocycles. The predicted molar refractivity (Wildman–Crippen MR) is 48.6 cm³/mol. The summed E-state index contributed by atoms with van der Waals surface area (Å²) in [5.74, 6) is 0. The van der Waals surface area contributed by atoms with E-state index in [0.29, 0.717) is 13.0 Å². The number of aliphatic hydroxyl groups excluding tert-OH is 1. The van der Waals surface area contributed by atoms with Crippen LogP contribution in [-0.4, -0.2) is 47.7 Å². The molecule has 0 radical (unpaired) electrons. The number of nitrogens with one attached hydrogen (secondary N) is 1. The zero-order valence-electron chi connectivity index (χ0n) is 7.95. The molecule has 0 saturated carbocycles. The van der Waals surface area contributed by atoms with Gasteiger partial charge in [0.1, 0.15) is 0 Å². The van der Waals surface area contributed by atoms with Crippen LogP contribution in [0.3, 0.4) is 0 Å². The quantitative estimate of drug-likeness (QED) is 0.364. The highest BCUT2D eigenvalue weighted by Gasteiger charge is 1.98. The minimum Gasteiger partial charge on any atom is -0.368 e. The molecule has 0 bridgehead atoms. The van der Waals surface area contributed by atoms with Gasteiger partial charge in [0.2, 0.25) is 0 Å². The van der Waals surface area contributed by atoms with Crippen LogP contribution >= 0.6 is 0 Å². The van der Waals surface area contributed by atoms with Gasteiger partial charge in [-0.2, -0.15) is 0 Å². The van der Waals surface area contributed by atoms with E-state index in [1.807, 2.05) is 0 Å². The van der Waals surface area contributed by atoms with Gasteiger partial charge < -0.3 is 15.5 Å². The maximum absolute atomic E-state index is 8.53. The Labute approximate surface area is 74.2 Å². The van der Waals surface area contributed by atoms with Crippen molar-refractivity contribution in [1.29, 1.82) is 0 Å². The average molecular weight is 176 g/mol. The van der Waals surface area contributed by atoms with Gasteiger partial charge in [-0.3, -0.25) is 4.90 Å². The first-order chi connectivity index (χ1) is 5.70. The molecule has 0 saturated heterocycles. The van der Waals surface area contributed by atoms with Crippen molar-refractivity contribution >= 4 is 0 Å². The van der Waals surface area contributed by atoms with Crippen molar-refractivity contribution in [2.45, 2.75) is 26.6 Å². The molecule has 0 aliphatic heterocycles. The van der Waals surface area contributed by atoms with E-state index in [-0.39, 0.29) is 0 Å². The first kappa shape index (κ1) is 11.8. The van der Waals surface area contributed by atoms with Crippen molar-refractivity contribution in [2.24, 2.45) is 0 Å². The van der Waals surface area contributed by atoms with Gasteiger partial charge >= 0.3 is 0 Å². The Hall–Kier alpha value is -0.160. The third-order valence-corrected chi connectivity index (χ3v) is 1.81. The van der Waals surface area contributed by atoms with Crippen LogP contribution in [-0.2, 0) is 0 Å². The summed E-state index contributed by atoms with van der Waals surface area (Å²) in [7, 11) is 0. The van der Waals surface area contributed by atoms with E-state index in [4.69, 9.17) is 10.2 Å². The standard InChI is InChI=1S/C8H20N2O2/c1-3-10(4-2)7-9-6-5-8(11)12/h8-9,11-12H,3-7H2,1-2H3. The zero-order chi connectivity index (χ0) is 9.40. The van der Waals surface area contributed by atoms with E-state index >= 15 is 0 Å². The van der Waals surface area contributed by atoms with Gasteiger partial charge in [0.25, 0.3) is 0 Å². The number of hydrogen-bond donors (Lipinski definition) is 3. The predicted octanol–water partition coefficient (Wildman–Crippen LogP) is -0.424. The lowest BCUT2D eigenvalue weighted by molar-refractivity contribution is -0.0447. The Bertz CT molecular complexity index is 95.1. The first-order valence-electron chi connectivity index (χ1n) is 4.49. The summed E-state index contributed by atoms with van der Waals surface area (Å²) in [5, 5.41) is 20.2. The number of rotatable bonds is 7. The van der Waals surface area contributed by atoms with E-state index in [1.165, 1.54) is 0 Å². The SMILES string of the molecule is CCN(CC)CNCCC(O)O. The van der Waals surface area contributed by atoms with E-state index < -0.39 is 6.29 Å². The minimum atomic E-state index is -1.19. The van der Waals surface area contributed by atoms with Crippen LogP contribution in [0.15, 0.2) is 0 Å². The fraction of sp³-hybridized carbons (Fsp3) is 1.00. The summed E-state index contributed by atoms with van der Waals surface area (Å²) in [5.41, 5.74) is 0. The van der Waals surface area contributed by atoms with Gasteiger partial charge in [-0.15, -0.1) is 0 Å². The fourth-order valence-corrected chi connectivity index (χ4v) is 0.916. The zero-order valence-corrected chi connectivity index (χ0v) is 7.95. The molecule has 0 unspecified atom stereocenters. The maximum Gasteiger partial charge on any atom is 0.152 e. The second kappa shape index (κ2) is 7.49. The molecule has 0 fully saturated rings. The molecule has 4 heteroatoms. The highest BCUT2D eigenvalue weighted by atomic mass is 16.5. The van der Waals surface area contributed by atoms with Crippen molar-refractivity contribution < 1.29 is 10.2 Å². The Morgan fingerprint density at radius 2 is 1.83 bits per heavy atom. The lowest BCUT2D eigenvalue weighted by atomic mass is 10.4. The van der Waals surface area contributed by atoms with Gasteiger partial charge in [-0.05, 0) is 13.1 Å². The molecule has 12 heavy (non-hydrogen) atoms. The molecule has 0 spiro atoms. The molecular formula is C8H20N2O2. The normalized spacial score (nSPS) is 11.5. The number of nitrogens with zero attached hydrogens (tertiary/aromatic N) is 1. The lowest BCUT2D eigenvalue weighted by Crippen LogP contribution is -2.35. The van der Waals surface area contributed by atoms with Crippen LogP contribution in [0.25, 0.3) is 0 Å². The lowest BCUT2D eigenvalue weighted by Gasteiger charge is -2.18. The van der Waals surface area contributed by atoms with Gasteiger partial charge in [-0.25, -0.2) is 0 Å². The first-order valence-corrected chi connectivity index (χ1v) is 4.49. The third-order valence-electron chi connectivity index (χ3n) is 1.81. The topological polar surface area (TPSA) is 55.7 Å². The van der Waals surface area contributed by atoms with Crippen molar-refractivity contribution in [1.82, 2.24) is 10.2 Å². The Morgan fingerprint density at radius 1 is 1.25 bits per heavy atom. The van der Waals surface area contributed by atoms with Gasteiger partial charge in [-0.1, -0.05) is 13.8 Å². The molecule has 0 heterocycles. The highest BCUT2D eigenvalue weighted by molar-refractivity contribution is 4.51. The van der Waals surface area contributed by atoms with Crippen LogP contribution in [0.4, 0.5) is 0 Å². The average Bonchev–Trinajstić information content (AvgIpc) is 2.04. The van der Waals surface area contributed by atoms with Crippen LogP contribution in [0, 0.1) is 0 Å². The fourth-order valence-electron chi connectivity index (χ4n) is 0.916. The molecule has 0 rings (SSSR count). The summed E-state index contributed by atoms with van der Waals surface area (Å²) in [4.78, 5) is 2.23. The molecule has 3 N–H and O–H groups in total. The minimum absolute atomic E-state index is 0.390. The summed E-state index contributed by atoms with van der Waals surface area (Å²) < 4.78 is 0. The second-order valence-electron chi connectivity index (χ2n) is 2.73. The summed E-state index contributed by atoms with van der Waals surface area (Å²) in [6.45, 7) is 7.71. The van der Waals surface area contributed by atoms with Gasteiger partial charge in [0.05, 0.1) is 0 Å². The molecular weight excluding hydrogens is 156 g/mol. The summed E-state index contributed by atoms with van der Waals surface area (Å²) in [6.07, 6.45) is -0.796. The Kier molecular flexibility index (Phi) is 7.39. The van der Waals surface area contributed by atoms with E-state index in [1.54, 1.807) is 0 Å².